The molecule has 0 bridgehead atoms. The number of imidazole rings is 1. The highest BCUT2D eigenvalue weighted by Crippen LogP contribution is 2.36. The van der Waals surface area contributed by atoms with Gasteiger partial charge in [-0.25, -0.2) is 4.98 Å². The average molecular weight is 460 g/mol. The molecule has 8 heteroatoms. The molecule has 2 atom stereocenters. The highest BCUT2D eigenvalue weighted by Gasteiger charge is 2.29. The SMILES string of the molecule is Cc1ccc(C(=O)N[C@H]2CCC[C@@H](n3c(-c4ccccn4)nc4cc(C(N)=O)ccc43)C2)s1. The van der Waals surface area contributed by atoms with Crippen molar-refractivity contribution in [2.75, 3.05) is 0 Å². The molecule has 0 spiro atoms. The first kappa shape index (κ1) is 21.3. The lowest BCUT2D eigenvalue weighted by atomic mass is 9.90. The molecule has 1 aromatic carbocycles. The lowest BCUT2D eigenvalue weighted by molar-refractivity contribution is 0.0924. The number of nitrogens with zero attached hydrogens (tertiary/aromatic N) is 3. The van der Waals surface area contributed by atoms with Crippen LogP contribution in [0.1, 0.15) is 56.6 Å². The summed E-state index contributed by atoms with van der Waals surface area (Å²) in [5.74, 6) is 0.276. The maximum atomic E-state index is 12.7. The topological polar surface area (TPSA) is 103 Å². The van der Waals surface area contributed by atoms with Crippen LogP contribution in [0.15, 0.2) is 54.7 Å². The maximum Gasteiger partial charge on any atom is 0.261 e. The van der Waals surface area contributed by atoms with Gasteiger partial charge in [0.1, 0.15) is 5.69 Å². The molecule has 1 aliphatic carbocycles. The van der Waals surface area contributed by atoms with E-state index in [0.29, 0.717) is 11.1 Å². The van der Waals surface area contributed by atoms with Gasteiger partial charge in [-0.15, -0.1) is 11.3 Å². The number of carbonyl (C=O) groups excluding carboxylic acids is 2. The second-order valence-corrected chi connectivity index (χ2v) is 9.78. The summed E-state index contributed by atoms with van der Waals surface area (Å²) >= 11 is 1.51. The van der Waals surface area contributed by atoms with Gasteiger partial charge in [-0.2, -0.15) is 0 Å². The van der Waals surface area contributed by atoms with Gasteiger partial charge in [0.25, 0.3) is 5.91 Å². The first-order valence-corrected chi connectivity index (χ1v) is 11.9. The molecule has 1 saturated carbocycles. The summed E-state index contributed by atoms with van der Waals surface area (Å²) in [7, 11) is 0. The van der Waals surface area contributed by atoms with E-state index in [0.717, 1.165) is 52.5 Å². The highest BCUT2D eigenvalue weighted by atomic mass is 32.1. The second kappa shape index (κ2) is 8.78. The van der Waals surface area contributed by atoms with Gasteiger partial charge in [0.05, 0.1) is 15.9 Å². The third-order valence-corrected chi connectivity index (χ3v) is 7.18. The van der Waals surface area contributed by atoms with Crippen LogP contribution in [0.25, 0.3) is 22.6 Å². The zero-order valence-corrected chi connectivity index (χ0v) is 19.1. The first-order chi connectivity index (χ1) is 16.0. The predicted molar refractivity (Wildman–Crippen MR) is 129 cm³/mol. The van der Waals surface area contributed by atoms with Crippen LogP contribution in [0.4, 0.5) is 0 Å². The van der Waals surface area contributed by atoms with Crippen molar-refractivity contribution in [2.24, 2.45) is 5.73 Å². The van der Waals surface area contributed by atoms with E-state index in [1.54, 1.807) is 18.3 Å². The van der Waals surface area contributed by atoms with Crippen LogP contribution >= 0.6 is 11.3 Å². The number of amides is 2. The molecular weight excluding hydrogens is 434 g/mol. The van der Waals surface area contributed by atoms with Crippen LogP contribution in [0.2, 0.25) is 0 Å². The van der Waals surface area contributed by atoms with Crippen LogP contribution in [0.5, 0.6) is 0 Å². The molecule has 0 unspecified atom stereocenters. The molecule has 7 nitrogen and oxygen atoms in total. The molecule has 4 aromatic rings. The minimum atomic E-state index is -0.477. The van der Waals surface area contributed by atoms with E-state index in [-0.39, 0.29) is 18.0 Å². The fraction of sp³-hybridized carbons (Fsp3) is 0.280. The molecule has 1 fully saturated rings. The van der Waals surface area contributed by atoms with Gasteiger partial charge in [0.15, 0.2) is 5.82 Å². The number of carbonyl (C=O) groups is 2. The average Bonchev–Trinajstić information content (AvgIpc) is 3.43. The number of pyridine rings is 1. The number of thiophene rings is 1. The standard InChI is InChI=1S/C25H25N5O2S/c1-15-8-11-22(33-15)25(32)28-17-5-4-6-18(14-17)30-21-10-9-16(23(26)31)13-20(21)29-24(30)19-7-2-3-12-27-19/h2-3,7-13,17-18H,4-6,14H2,1H3,(H2,26,31)(H,28,32)/t17-,18+/m0/s1. The van der Waals surface area contributed by atoms with Crippen LogP contribution in [0, 0.1) is 6.92 Å². The Bertz CT molecular complexity index is 1330. The van der Waals surface area contributed by atoms with Crippen molar-refractivity contribution in [2.45, 2.75) is 44.7 Å². The molecule has 168 valence electrons. The Balaban J connectivity index is 1.49. The monoisotopic (exact) mass is 459 g/mol. The lowest BCUT2D eigenvalue weighted by Crippen LogP contribution is -2.38. The van der Waals surface area contributed by atoms with Crippen LogP contribution in [0.3, 0.4) is 0 Å². The van der Waals surface area contributed by atoms with Crippen LogP contribution in [-0.2, 0) is 0 Å². The minimum absolute atomic E-state index is 0.00899. The molecule has 3 heterocycles. The Hall–Kier alpha value is -3.52. The number of fused-ring (bicyclic) bond motifs is 1. The Morgan fingerprint density at radius 3 is 2.76 bits per heavy atom. The number of hydrogen-bond donors (Lipinski definition) is 2. The van der Waals surface area contributed by atoms with Crippen molar-refractivity contribution in [1.82, 2.24) is 19.9 Å². The Labute approximate surface area is 195 Å². The number of benzene rings is 1. The number of aryl methyl sites for hydroxylation is 1. The molecule has 1 aliphatic rings. The van der Waals surface area contributed by atoms with E-state index in [2.05, 4.69) is 14.9 Å². The smallest absolute Gasteiger partial charge is 0.261 e. The third kappa shape index (κ3) is 4.26. The number of nitrogens with two attached hydrogens (primary N) is 1. The predicted octanol–water partition coefficient (Wildman–Crippen LogP) is 4.48. The molecule has 0 saturated heterocycles. The number of hydrogen-bond acceptors (Lipinski definition) is 5. The van der Waals surface area contributed by atoms with Gasteiger partial charge in [-0.05, 0) is 75.1 Å². The Morgan fingerprint density at radius 1 is 1.15 bits per heavy atom. The number of nitrogens with one attached hydrogen (secondary N) is 1. The van der Waals surface area contributed by atoms with Crippen LogP contribution in [-0.4, -0.2) is 32.4 Å². The normalized spacial score (nSPS) is 18.3. The molecule has 0 radical (unpaired) electrons. The van der Waals surface area contributed by atoms with E-state index in [1.807, 2.05) is 43.3 Å². The summed E-state index contributed by atoms with van der Waals surface area (Å²) in [5.41, 5.74) is 8.35. The lowest BCUT2D eigenvalue weighted by Gasteiger charge is -2.31. The van der Waals surface area contributed by atoms with Gasteiger partial charge < -0.3 is 15.6 Å². The van der Waals surface area contributed by atoms with Crippen molar-refractivity contribution in [3.63, 3.8) is 0 Å². The fourth-order valence-corrected chi connectivity index (χ4v) is 5.41. The zero-order valence-electron chi connectivity index (χ0n) is 18.3. The van der Waals surface area contributed by atoms with E-state index < -0.39 is 5.91 Å². The summed E-state index contributed by atoms with van der Waals surface area (Å²) in [6, 6.07) is 15.2. The Kier molecular flexibility index (Phi) is 5.68. The molecule has 2 amide bonds. The van der Waals surface area contributed by atoms with Crippen molar-refractivity contribution >= 4 is 34.2 Å². The fourth-order valence-electron chi connectivity index (χ4n) is 4.64. The summed E-state index contributed by atoms with van der Waals surface area (Å²) in [5, 5.41) is 3.23. The third-order valence-electron chi connectivity index (χ3n) is 6.18. The molecule has 5 rings (SSSR count). The van der Waals surface area contributed by atoms with Crippen molar-refractivity contribution < 1.29 is 9.59 Å². The summed E-state index contributed by atoms with van der Waals surface area (Å²) < 4.78 is 2.22. The van der Waals surface area contributed by atoms with Gasteiger partial charge in [-0.3, -0.25) is 14.6 Å². The molecule has 0 aliphatic heterocycles. The van der Waals surface area contributed by atoms with Crippen molar-refractivity contribution in [1.29, 1.82) is 0 Å². The summed E-state index contributed by atoms with van der Waals surface area (Å²) in [6.07, 6.45) is 5.48. The summed E-state index contributed by atoms with van der Waals surface area (Å²) in [6.45, 7) is 2.00. The first-order valence-electron chi connectivity index (χ1n) is 11.1. The quantitative estimate of drug-likeness (QED) is 0.459. The second-order valence-electron chi connectivity index (χ2n) is 8.49. The minimum Gasteiger partial charge on any atom is -0.366 e. The van der Waals surface area contributed by atoms with E-state index in [1.165, 1.54) is 11.3 Å². The van der Waals surface area contributed by atoms with E-state index in [4.69, 9.17) is 10.7 Å². The zero-order chi connectivity index (χ0) is 22.9. The largest absolute Gasteiger partial charge is 0.366 e. The maximum absolute atomic E-state index is 12.7. The molecule has 33 heavy (non-hydrogen) atoms. The van der Waals surface area contributed by atoms with Crippen molar-refractivity contribution in [3.05, 3.63) is 70.0 Å². The highest BCUT2D eigenvalue weighted by molar-refractivity contribution is 7.13. The van der Waals surface area contributed by atoms with E-state index in [9.17, 15) is 9.59 Å². The molecule has 3 N–H and O–H groups in total. The van der Waals surface area contributed by atoms with Gasteiger partial charge in [0.2, 0.25) is 5.91 Å². The number of primary amides is 1. The van der Waals surface area contributed by atoms with Gasteiger partial charge in [-0.1, -0.05) is 6.07 Å². The number of aromatic nitrogens is 3. The van der Waals surface area contributed by atoms with Crippen molar-refractivity contribution in [3.8, 4) is 11.5 Å². The van der Waals surface area contributed by atoms with Gasteiger partial charge in [0, 0.05) is 28.7 Å². The molecule has 3 aromatic heterocycles. The van der Waals surface area contributed by atoms with Gasteiger partial charge >= 0.3 is 0 Å². The molecular formula is C25H25N5O2S. The number of rotatable bonds is 5. The summed E-state index contributed by atoms with van der Waals surface area (Å²) in [4.78, 5) is 35.7. The Morgan fingerprint density at radius 2 is 2.03 bits per heavy atom. The van der Waals surface area contributed by atoms with E-state index >= 15 is 0 Å². The van der Waals surface area contributed by atoms with Crippen LogP contribution < -0.4 is 11.1 Å².